The zero-order valence-electron chi connectivity index (χ0n) is 17.4. The van der Waals surface area contributed by atoms with Crippen molar-refractivity contribution in [1.29, 1.82) is 0 Å². The number of oxime groups is 1. The van der Waals surface area contributed by atoms with Crippen molar-refractivity contribution in [3.8, 4) is 0 Å². The predicted molar refractivity (Wildman–Crippen MR) is 109 cm³/mol. The Balaban J connectivity index is 2.60. The molecular weight excluding hydrogens is 420 g/mol. The number of carbonyl (C=O) groups is 1. The number of ether oxygens (including phenoxy) is 3. The van der Waals surface area contributed by atoms with Gasteiger partial charge in [-0.3, -0.25) is 4.18 Å². The van der Waals surface area contributed by atoms with Crippen molar-refractivity contribution >= 4 is 21.9 Å². The number of aliphatic hydroxyl groups is 1. The standard InChI is InChI=1S/C18H30N2O9S/c1-4-19-18(22)27-11-10-26-8-5-6-14(7-9-25-2)17-15(12-21)16(29-20-17)13-28-30(3,23)24/h5-7,15-16,21H,4,8-13H2,1-3H3,(H,19,22)/b6-5-,14-7+. The van der Waals surface area contributed by atoms with E-state index in [2.05, 4.69) is 10.5 Å². The van der Waals surface area contributed by atoms with Crippen LogP contribution in [0.4, 0.5) is 4.79 Å². The molecule has 2 atom stereocenters. The molecule has 1 aliphatic heterocycles. The Labute approximate surface area is 176 Å². The molecule has 0 fully saturated rings. The number of allylic oxidation sites excluding steroid dienone is 2. The van der Waals surface area contributed by atoms with Crippen molar-refractivity contribution in [2.45, 2.75) is 13.0 Å². The number of carbonyl (C=O) groups excluding carboxylic acids is 1. The molecule has 0 saturated carbocycles. The maximum atomic E-state index is 11.2. The van der Waals surface area contributed by atoms with E-state index in [9.17, 15) is 18.3 Å². The topological polar surface area (TPSA) is 142 Å². The van der Waals surface area contributed by atoms with Crippen LogP contribution in [0.15, 0.2) is 29.0 Å². The molecule has 172 valence electrons. The summed E-state index contributed by atoms with van der Waals surface area (Å²) in [5.74, 6) is -0.564. The van der Waals surface area contributed by atoms with Crippen LogP contribution in [0.3, 0.4) is 0 Å². The van der Waals surface area contributed by atoms with Gasteiger partial charge in [-0.2, -0.15) is 8.42 Å². The van der Waals surface area contributed by atoms with E-state index < -0.39 is 28.2 Å². The fourth-order valence-electron chi connectivity index (χ4n) is 2.40. The van der Waals surface area contributed by atoms with Crippen molar-refractivity contribution < 1.29 is 41.6 Å². The monoisotopic (exact) mass is 450 g/mol. The minimum absolute atomic E-state index is 0.126. The molecule has 2 N–H and O–H groups in total. The molecule has 0 radical (unpaired) electrons. The molecule has 30 heavy (non-hydrogen) atoms. The van der Waals surface area contributed by atoms with Crippen LogP contribution < -0.4 is 5.32 Å². The van der Waals surface area contributed by atoms with Crippen molar-refractivity contribution in [3.63, 3.8) is 0 Å². The number of amides is 1. The molecule has 1 aliphatic rings. The smallest absolute Gasteiger partial charge is 0.407 e. The molecule has 1 rings (SSSR count). The molecule has 2 unspecified atom stereocenters. The van der Waals surface area contributed by atoms with E-state index in [4.69, 9.17) is 23.2 Å². The fourth-order valence-corrected chi connectivity index (χ4v) is 2.78. The predicted octanol–water partition coefficient (Wildman–Crippen LogP) is 0.218. The lowest BCUT2D eigenvalue weighted by Gasteiger charge is -2.16. The van der Waals surface area contributed by atoms with Gasteiger partial charge in [0, 0.05) is 13.7 Å². The third-order valence-electron chi connectivity index (χ3n) is 3.79. The number of hydrogen-bond donors (Lipinski definition) is 2. The molecule has 11 nitrogen and oxygen atoms in total. The van der Waals surface area contributed by atoms with Gasteiger partial charge >= 0.3 is 6.09 Å². The van der Waals surface area contributed by atoms with Gasteiger partial charge in [0.15, 0.2) is 6.10 Å². The van der Waals surface area contributed by atoms with Crippen molar-refractivity contribution in [2.24, 2.45) is 11.1 Å². The first-order valence-electron chi connectivity index (χ1n) is 9.35. The number of nitrogens with zero attached hydrogens (tertiary/aromatic N) is 1. The molecular formula is C18H30N2O9S. The van der Waals surface area contributed by atoms with Crippen molar-refractivity contribution in [2.75, 3.05) is 59.6 Å². The summed E-state index contributed by atoms with van der Waals surface area (Å²) < 4.78 is 42.5. The van der Waals surface area contributed by atoms with Crippen LogP contribution >= 0.6 is 0 Å². The Kier molecular flexibility index (Phi) is 12.2. The van der Waals surface area contributed by atoms with Crippen LogP contribution in [0.25, 0.3) is 0 Å². The molecule has 12 heteroatoms. The molecule has 0 spiro atoms. The minimum atomic E-state index is -3.64. The molecule has 0 aromatic heterocycles. The van der Waals surface area contributed by atoms with Crippen LogP contribution in [-0.4, -0.2) is 91.0 Å². The van der Waals surface area contributed by atoms with E-state index in [-0.39, 0.29) is 33.0 Å². The zero-order valence-corrected chi connectivity index (χ0v) is 18.2. The van der Waals surface area contributed by atoms with Gasteiger partial charge in [-0.05, 0) is 18.6 Å². The summed E-state index contributed by atoms with van der Waals surface area (Å²) in [5, 5.41) is 16.2. The van der Waals surface area contributed by atoms with Gasteiger partial charge in [-0.25, -0.2) is 4.79 Å². The summed E-state index contributed by atoms with van der Waals surface area (Å²) in [5.41, 5.74) is 1.09. The largest absolute Gasteiger partial charge is 0.447 e. The number of rotatable bonds is 14. The van der Waals surface area contributed by atoms with Gasteiger partial charge in [-0.1, -0.05) is 17.3 Å². The highest BCUT2D eigenvalue weighted by atomic mass is 32.2. The molecule has 1 heterocycles. The number of aliphatic hydroxyl groups excluding tert-OH is 1. The summed E-state index contributed by atoms with van der Waals surface area (Å²) in [7, 11) is -2.11. The zero-order chi connectivity index (χ0) is 22.4. The first-order valence-corrected chi connectivity index (χ1v) is 11.2. The second-order valence-corrected chi connectivity index (χ2v) is 7.80. The highest BCUT2D eigenvalue weighted by Gasteiger charge is 2.35. The fraction of sp³-hybridized carbons (Fsp3) is 0.667. The van der Waals surface area contributed by atoms with Gasteiger partial charge in [0.2, 0.25) is 0 Å². The molecule has 0 aliphatic carbocycles. The van der Waals surface area contributed by atoms with Crippen molar-refractivity contribution in [1.82, 2.24) is 5.32 Å². The third-order valence-corrected chi connectivity index (χ3v) is 4.35. The van der Waals surface area contributed by atoms with Gasteiger partial charge in [0.25, 0.3) is 10.1 Å². The lowest BCUT2D eigenvalue weighted by Crippen LogP contribution is -2.32. The Bertz CT molecular complexity index is 719. The van der Waals surface area contributed by atoms with E-state index in [0.717, 1.165) is 6.26 Å². The van der Waals surface area contributed by atoms with E-state index in [1.165, 1.54) is 7.11 Å². The Hall–Kier alpha value is -1.99. The molecule has 0 bridgehead atoms. The average molecular weight is 451 g/mol. The summed E-state index contributed by atoms with van der Waals surface area (Å²) >= 11 is 0. The van der Waals surface area contributed by atoms with Gasteiger partial charge in [-0.15, -0.1) is 0 Å². The van der Waals surface area contributed by atoms with Crippen LogP contribution in [0, 0.1) is 5.92 Å². The van der Waals surface area contributed by atoms with Crippen molar-refractivity contribution in [3.05, 3.63) is 23.8 Å². The quantitative estimate of drug-likeness (QED) is 0.216. The maximum absolute atomic E-state index is 11.2. The van der Waals surface area contributed by atoms with Crippen LogP contribution in [0.1, 0.15) is 6.92 Å². The lowest BCUT2D eigenvalue weighted by molar-refractivity contribution is 0.0154. The molecule has 0 aromatic carbocycles. The van der Waals surface area contributed by atoms with E-state index in [0.29, 0.717) is 24.4 Å². The number of alkyl carbamates (subject to hydrolysis) is 1. The maximum Gasteiger partial charge on any atom is 0.407 e. The lowest BCUT2D eigenvalue weighted by atomic mass is 9.93. The Morgan fingerprint density at radius 1 is 1.33 bits per heavy atom. The van der Waals surface area contributed by atoms with Gasteiger partial charge in [0.1, 0.15) is 13.2 Å². The normalized spacial score (nSPS) is 19.6. The Morgan fingerprint density at radius 3 is 2.73 bits per heavy atom. The van der Waals surface area contributed by atoms with Crippen LogP contribution in [0.5, 0.6) is 0 Å². The summed E-state index contributed by atoms with van der Waals surface area (Å²) in [6, 6.07) is 0. The second kappa shape index (κ2) is 14.1. The summed E-state index contributed by atoms with van der Waals surface area (Å²) in [6.07, 6.45) is 4.91. The first-order chi connectivity index (χ1) is 14.3. The molecule has 0 aromatic rings. The Morgan fingerprint density at radius 2 is 2.10 bits per heavy atom. The highest BCUT2D eigenvalue weighted by molar-refractivity contribution is 7.85. The average Bonchev–Trinajstić information content (AvgIpc) is 3.10. The van der Waals surface area contributed by atoms with Gasteiger partial charge < -0.3 is 29.5 Å². The second-order valence-electron chi connectivity index (χ2n) is 6.16. The number of hydrogen-bond acceptors (Lipinski definition) is 10. The van der Waals surface area contributed by atoms with E-state index in [1.807, 2.05) is 0 Å². The third kappa shape index (κ3) is 10.2. The molecule has 0 saturated heterocycles. The van der Waals surface area contributed by atoms with E-state index in [1.54, 1.807) is 25.2 Å². The SMILES string of the molecule is CCNC(=O)OCCOC/C=C\C(=C/COC)C1=NOC(COS(C)(=O)=O)C1CO. The van der Waals surface area contributed by atoms with Crippen LogP contribution in [0.2, 0.25) is 0 Å². The summed E-state index contributed by atoms with van der Waals surface area (Å²) in [4.78, 5) is 16.4. The first kappa shape index (κ1) is 26.0. The summed E-state index contributed by atoms with van der Waals surface area (Å²) in [6.45, 7) is 2.62. The number of nitrogens with one attached hydrogen (secondary N) is 1. The molecule has 1 amide bonds. The van der Waals surface area contributed by atoms with Crippen LogP contribution in [-0.2, 0) is 33.3 Å². The van der Waals surface area contributed by atoms with E-state index >= 15 is 0 Å². The number of methoxy groups -OCH3 is 1. The highest BCUT2D eigenvalue weighted by Crippen LogP contribution is 2.24. The minimum Gasteiger partial charge on any atom is -0.447 e. The van der Waals surface area contributed by atoms with Gasteiger partial charge in [0.05, 0.1) is 44.3 Å².